The SMILES string of the molecule is C=CCN(C1CC1)S(=O)(=O)c1ccc(CCC(=O)O)cc1. The second-order valence-electron chi connectivity index (χ2n) is 5.13. The predicted molar refractivity (Wildman–Crippen MR) is 79.5 cm³/mol. The van der Waals surface area contributed by atoms with Crippen molar-refractivity contribution in [3.05, 3.63) is 42.5 Å². The number of hydrogen-bond acceptors (Lipinski definition) is 3. The highest BCUT2D eigenvalue weighted by molar-refractivity contribution is 7.89. The van der Waals surface area contributed by atoms with Crippen molar-refractivity contribution in [2.24, 2.45) is 0 Å². The van der Waals surface area contributed by atoms with Gasteiger partial charge in [0.25, 0.3) is 0 Å². The van der Waals surface area contributed by atoms with Crippen LogP contribution in [0.4, 0.5) is 0 Å². The molecule has 114 valence electrons. The number of rotatable bonds is 8. The van der Waals surface area contributed by atoms with E-state index >= 15 is 0 Å². The molecule has 5 nitrogen and oxygen atoms in total. The maximum atomic E-state index is 12.6. The summed E-state index contributed by atoms with van der Waals surface area (Å²) in [7, 11) is -3.50. The molecule has 0 atom stereocenters. The molecule has 1 aliphatic carbocycles. The molecule has 1 saturated carbocycles. The number of carboxylic acids is 1. The van der Waals surface area contributed by atoms with E-state index in [4.69, 9.17) is 5.11 Å². The zero-order chi connectivity index (χ0) is 15.5. The third-order valence-electron chi connectivity index (χ3n) is 3.42. The molecule has 1 aliphatic rings. The van der Waals surface area contributed by atoms with Crippen LogP contribution in [0.25, 0.3) is 0 Å². The van der Waals surface area contributed by atoms with Gasteiger partial charge in [-0.25, -0.2) is 8.42 Å². The Labute approximate surface area is 124 Å². The molecule has 0 radical (unpaired) electrons. The molecule has 0 unspecified atom stereocenters. The Balaban J connectivity index is 2.15. The summed E-state index contributed by atoms with van der Waals surface area (Å²) < 4.78 is 26.6. The van der Waals surface area contributed by atoms with E-state index in [1.807, 2.05) is 0 Å². The van der Waals surface area contributed by atoms with Gasteiger partial charge in [-0.15, -0.1) is 6.58 Å². The summed E-state index contributed by atoms with van der Waals surface area (Å²) in [6, 6.07) is 6.53. The number of aliphatic carboxylic acids is 1. The number of carboxylic acid groups (broad SMARTS) is 1. The third kappa shape index (κ3) is 3.92. The maximum Gasteiger partial charge on any atom is 0.303 e. The fourth-order valence-corrected chi connectivity index (χ4v) is 3.80. The molecule has 0 aliphatic heterocycles. The first-order chi connectivity index (χ1) is 9.95. The van der Waals surface area contributed by atoms with E-state index in [2.05, 4.69) is 6.58 Å². The largest absolute Gasteiger partial charge is 0.481 e. The van der Waals surface area contributed by atoms with Gasteiger partial charge in [-0.3, -0.25) is 4.79 Å². The molecule has 6 heteroatoms. The van der Waals surface area contributed by atoms with Crippen LogP contribution in [-0.4, -0.2) is 36.4 Å². The Morgan fingerprint density at radius 3 is 2.43 bits per heavy atom. The maximum absolute atomic E-state index is 12.6. The summed E-state index contributed by atoms with van der Waals surface area (Å²) in [6.07, 6.45) is 3.82. The monoisotopic (exact) mass is 309 g/mol. The summed E-state index contributed by atoms with van der Waals surface area (Å²) in [5.74, 6) is -0.863. The summed E-state index contributed by atoms with van der Waals surface area (Å²) in [6.45, 7) is 3.92. The lowest BCUT2D eigenvalue weighted by atomic mass is 10.1. The van der Waals surface area contributed by atoms with Crippen LogP contribution in [0.3, 0.4) is 0 Å². The average molecular weight is 309 g/mol. The van der Waals surface area contributed by atoms with Crippen molar-refractivity contribution in [1.29, 1.82) is 0 Å². The van der Waals surface area contributed by atoms with Gasteiger partial charge in [-0.1, -0.05) is 18.2 Å². The first-order valence-electron chi connectivity index (χ1n) is 6.88. The van der Waals surface area contributed by atoms with Gasteiger partial charge in [0, 0.05) is 19.0 Å². The van der Waals surface area contributed by atoms with Crippen LogP contribution in [0.2, 0.25) is 0 Å². The summed E-state index contributed by atoms with van der Waals surface area (Å²) in [5, 5.41) is 8.65. The van der Waals surface area contributed by atoms with Gasteiger partial charge in [0.15, 0.2) is 0 Å². The van der Waals surface area contributed by atoms with Crippen LogP contribution in [0, 0.1) is 0 Å². The van der Waals surface area contributed by atoms with E-state index in [1.165, 1.54) is 4.31 Å². The molecule has 1 fully saturated rings. The molecule has 1 aromatic rings. The predicted octanol–water partition coefficient (Wildman–Crippen LogP) is 2.04. The van der Waals surface area contributed by atoms with Crippen LogP contribution in [0.15, 0.2) is 41.8 Å². The van der Waals surface area contributed by atoms with E-state index in [1.54, 1.807) is 30.3 Å². The molecule has 0 bridgehead atoms. The quantitative estimate of drug-likeness (QED) is 0.746. The van der Waals surface area contributed by atoms with Crippen molar-refractivity contribution in [3.63, 3.8) is 0 Å². The van der Waals surface area contributed by atoms with Crippen molar-refractivity contribution < 1.29 is 18.3 Å². The second kappa shape index (κ2) is 6.41. The van der Waals surface area contributed by atoms with Crippen LogP contribution < -0.4 is 0 Å². The van der Waals surface area contributed by atoms with E-state index in [0.29, 0.717) is 13.0 Å². The zero-order valence-electron chi connectivity index (χ0n) is 11.7. The number of hydrogen-bond donors (Lipinski definition) is 1. The Hall–Kier alpha value is -1.66. The third-order valence-corrected chi connectivity index (χ3v) is 5.35. The standard InChI is InChI=1S/C15H19NO4S/c1-2-11-16(13-6-7-13)21(19,20)14-8-3-12(4-9-14)5-10-15(17)18/h2-4,8-9,13H,1,5-7,10-11H2,(H,17,18). The second-order valence-corrected chi connectivity index (χ2v) is 7.02. The summed E-state index contributed by atoms with van der Waals surface area (Å²) in [4.78, 5) is 10.8. The molecule has 0 amide bonds. The van der Waals surface area contributed by atoms with Crippen molar-refractivity contribution in [2.75, 3.05) is 6.54 Å². The first kappa shape index (κ1) is 15.7. The minimum absolute atomic E-state index is 0.0385. The Bertz CT molecular complexity index is 618. The lowest BCUT2D eigenvalue weighted by Gasteiger charge is -2.20. The van der Waals surface area contributed by atoms with E-state index in [0.717, 1.165) is 18.4 Å². The normalized spacial score (nSPS) is 15.1. The number of nitrogens with zero attached hydrogens (tertiary/aromatic N) is 1. The Morgan fingerprint density at radius 1 is 1.33 bits per heavy atom. The van der Waals surface area contributed by atoms with Crippen LogP contribution in [0.5, 0.6) is 0 Å². The molecule has 2 rings (SSSR count). The topological polar surface area (TPSA) is 74.7 Å². The molecule has 1 N–H and O–H groups in total. The molecule has 0 aromatic heterocycles. The smallest absolute Gasteiger partial charge is 0.303 e. The fourth-order valence-electron chi connectivity index (χ4n) is 2.15. The highest BCUT2D eigenvalue weighted by atomic mass is 32.2. The van der Waals surface area contributed by atoms with Crippen LogP contribution >= 0.6 is 0 Å². The molecule has 0 spiro atoms. The minimum atomic E-state index is -3.50. The van der Waals surface area contributed by atoms with Gasteiger partial charge in [0.2, 0.25) is 10.0 Å². The number of sulfonamides is 1. The highest BCUT2D eigenvalue weighted by Crippen LogP contribution is 2.31. The van der Waals surface area contributed by atoms with E-state index in [9.17, 15) is 13.2 Å². The number of aryl methyl sites for hydroxylation is 1. The Kier molecular flexibility index (Phi) is 4.80. The van der Waals surface area contributed by atoms with Crippen LogP contribution in [0.1, 0.15) is 24.8 Å². The molecule has 0 heterocycles. The van der Waals surface area contributed by atoms with Gasteiger partial charge in [-0.05, 0) is 37.0 Å². The van der Waals surface area contributed by atoms with Gasteiger partial charge < -0.3 is 5.11 Å². The van der Waals surface area contributed by atoms with Gasteiger partial charge in [-0.2, -0.15) is 4.31 Å². The zero-order valence-corrected chi connectivity index (χ0v) is 12.6. The van der Waals surface area contributed by atoms with Crippen molar-refractivity contribution in [3.8, 4) is 0 Å². The molecule has 21 heavy (non-hydrogen) atoms. The van der Waals surface area contributed by atoms with E-state index in [-0.39, 0.29) is 17.4 Å². The lowest BCUT2D eigenvalue weighted by Crippen LogP contribution is -2.33. The minimum Gasteiger partial charge on any atom is -0.481 e. The molecular formula is C15H19NO4S. The van der Waals surface area contributed by atoms with Crippen molar-refractivity contribution >= 4 is 16.0 Å². The van der Waals surface area contributed by atoms with Gasteiger partial charge in [0.05, 0.1) is 4.90 Å². The Morgan fingerprint density at radius 2 is 1.95 bits per heavy atom. The molecular weight excluding hydrogens is 290 g/mol. The number of benzene rings is 1. The van der Waals surface area contributed by atoms with Crippen molar-refractivity contribution in [2.45, 2.75) is 36.6 Å². The summed E-state index contributed by atoms with van der Waals surface area (Å²) in [5.41, 5.74) is 0.818. The molecule has 0 saturated heterocycles. The van der Waals surface area contributed by atoms with Gasteiger partial charge >= 0.3 is 5.97 Å². The number of carbonyl (C=O) groups is 1. The highest BCUT2D eigenvalue weighted by Gasteiger charge is 2.37. The molecule has 1 aromatic carbocycles. The average Bonchev–Trinajstić information content (AvgIpc) is 3.27. The van der Waals surface area contributed by atoms with Gasteiger partial charge in [0.1, 0.15) is 0 Å². The fraction of sp³-hybridized carbons (Fsp3) is 0.400. The van der Waals surface area contributed by atoms with E-state index < -0.39 is 16.0 Å². The lowest BCUT2D eigenvalue weighted by molar-refractivity contribution is -0.136. The van der Waals surface area contributed by atoms with Crippen LogP contribution in [-0.2, 0) is 21.2 Å². The summed E-state index contributed by atoms with van der Waals surface area (Å²) >= 11 is 0. The first-order valence-corrected chi connectivity index (χ1v) is 8.32. The van der Waals surface area contributed by atoms with Crippen molar-refractivity contribution in [1.82, 2.24) is 4.31 Å².